The number of aromatic nitrogens is 2. The quantitative estimate of drug-likeness (QED) is 0.699. The molecular weight excluding hydrogens is 194 g/mol. The molecule has 0 aliphatic heterocycles. The van der Waals surface area contributed by atoms with Gasteiger partial charge in [0, 0.05) is 19.7 Å². The molecule has 1 aromatic heterocycles. The Balaban J connectivity index is 2.69. The van der Waals surface area contributed by atoms with Gasteiger partial charge in [0.1, 0.15) is 0 Å². The maximum absolute atomic E-state index is 11.4. The zero-order chi connectivity index (χ0) is 11.0. The molecule has 2 N–H and O–H groups in total. The first-order valence-corrected chi connectivity index (χ1v) is 4.54. The molecule has 15 heavy (non-hydrogen) atoms. The molecule has 78 valence electrons. The molecule has 5 heteroatoms. The number of amides is 1. The van der Waals surface area contributed by atoms with Crippen LogP contribution in [0.15, 0.2) is 23.0 Å². The Morgan fingerprint density at radius 3 is 2.87 bits per heavy atom. The molecule has 0 saturated heterocycles. The van der Waals surface area contributed by atoms with E-state index in [1.807, 2.05) is 0 Å². The summed E-state index contributed by atoms with van der Waals surface area (Å²) in [5, 5.41) is 2.54. The van der Waals surface area contributed by atoms with Crippen LogP contribution in [0, 0.1) is 0 Å². The molecule has 1 amide bonds. The Kier molecular flexibility index (Phi) is 2.07. The van der Waals surface area contributed by atoms with Crippen molar-refractivity contribution in [1.82, 2.24) is 14.9 Å². The number of carbonyl (C=O) groups excluding carboxylic acids is 1. The minimum Gasteiger partial charge on any atom is -0.355 e. The van der Waals surface area contributed by atoms with E-state index in [4.69, 9.17) is 0 Å². The number of aromatic amines is 1. The number of fused-ring (bicyclic) bond motifs is 1. The van der Waals surface area contributed by atoms with E-state index in [1.54, 1.807) is 32.3 Å². The van der Waals surface area contributed by atoms with Crippen molar-refractivity contribution < 1.29 is 4.79 Å². The summed E-state index contributed by atoms with van der Waals surface area (Å²) in [7, 11) is 3.23. The minimum absolute atomic E-state index is 0.162. The van der Waals surface area contributed by atoms with Crippen molar-refractivity contribution in [2.75, 3.05) is 7.05 Å². The first-order chi connectivity index (χ1) is 7.13. The second-order valence-corrected chi connectivity index (χ2v) is 3.30. The summed E-state index contributed by atoms with van der Waals surface area (Å²) in [5.41, 5.74) is 1.81. The predicted molar refractivity (Wildman–Crippen MR) is 56.9 cm³/mol. The van der Waals surface area contributed by atoms with E-state index in [0.717, 1.165) is 11.0 Å². The third-order valence-corrected chi connectivity index (χ3v) is 2.39. The predicted octanol–water partition coefficient (Wildman–Crippen LogP) is 0.226. The summed E-state index contributed by atoms with van der Waals surface area (Å²) >= 11 is 0. The number of hydrogen-bond acceptors (Lipinski definition) is 2. The summed E-state index contributed by atoms with van der Waals surface area (Å²) in [4.78, 5) is 25.3. The Morgan fingerprint density at radius 2 is 2.20 bits per heavy atom. The molecule has 0 saturated carbocycles. The van der Waals surface area contributed by atoms with Crippen LogP contribution in [0.25, 0.3) is 11.0 Å². The van der Waals surface area contributed by atoms with E-state index in [1.165, 1.54) is 4.57 Å². The SMILES string of the molecule is CNC(=O)c1ccc2[nH]c(=O)n(C)c2c1. The van der Waals surface area contributed by atoms with Gasteiger partial charge in [-0.2, -0.15) is 0 Å². The summed E-state index contributed by atoms with van der Waals surface area (Å²) in [5.74, 6) is -0.162. The monoisotopic (exact) mass is 205 g/mol. The van der Waals surface area contributed by atoms with Gasteiger partial charge in [0.25, 0.3) is 5.91 Å². The van der Waals surface area contributed by atoms with Gasteiger partial charge in [0.05, 0.1) is 11.0 Å². The molecular formula is C10H11N3O2. The fraction of sp³-hybridized carbons (Fsp3) is 0.200. The number of carbonyl (C=O) groups is 1. The molecule has 0 bridgehead atoms. The Labute approximate surface area is 85.7 Å². The molecule has 0 atom stereocenters. The lowest BCUT2D eigenvalue weighted by molar-refractivity contribution is 0.0963. The van der Waals surface area contributed by atoms with Crippen molar-refractivity contribution >= 4 is 16.9 Å². The number of rotatable bonds is 1. The molecule has 2 aromatic rings. The van der Waals surface area contributed by atoms with Crippen LogP contribution in [-0.4, -0.2) is 22.5 Å². The maximum atomic E-state index is 11.4. The highest BCUT2D eigenvalue weighted by Gasteiger charge is 2.07. The van der Waals surface area contributed by atoms with Crippen LogP contribution in [0.5, 0.6) is 0 Å². The smallest absolute Gasteiger partial charge is 0.326 e. The highest BCUT2D eigenvalue weighted by molar-refractivity contribution is 5.97. The molecule has 2 rings (SSSR count). The Bertz CT molecular complexity index is 580. The van der Waals surface area contributed by atoms with Crippen molar-refractivity contribution in [3.8, 4) is 0 Å². The van der Waals surface area contributed by atoms with Gasteiger partial charge in [-0.05, 0) is 18.2 Å². The van der Waals surface area contributed by atoms with E-state index < -0.39 is 0 Å². The van der Waals surface area contributed by atoms with Crippen molar-refractivity contribution in [3.63, 3.8) is 0 Å². The van der Waals surface area contributed by atoms with Crippen molar-refractivity contribution in [1.29, 1.82) is 0 Å². The summed E-state index contributed by atoms with van der Waals surface area (Å²) < 4.78 is 1.47. The van der Waals surface area contributed by atoms with Crippen LogP contribution in [0.1, 0.15) is 10.4 Å². The van der Waals surface area contributed by atoms with E-state index in [0.29, 0.717) is 5.56 Å². The summed E-state index contributed by atoms with van der Waals surface area (Å²) in [6.45, 7) is 0. The molecule has 0 unspecified atom stereocenters. The van der Waals surface area contributed by atoms with Gasteiger partial charge in [0.15, 0.2) is 0 Å². The van der Waals surface area contributed by atoms with Gasteiger partial charge in [-0.15, -0.1) is 0 Å². The third kappa shape index (κ3) is 1.41. The standard InChI is InChI=1S/C10H11N3O2/c1-11-9(14)6-3-4-7-8(5-6)13(2)10(15)12-7/h3-5H,1-2H3,(H,11,14)(H,12,15). The molecule has 1 aromatic carbocycles. The minimum atomic E-state index is -0.181. The van der Waals surface area contributed by atoms with Crippen LogP contribution < -0.4 is 11.0 Å². The Morgan fingerprint density at radius 1 is 1.47 bits per heavy atom. The lowest BCUT2D eigenvalue weighted by Crippen LogP contribution is -2.17. The molecule has 0 fully saturated rings. The van der Waals surface area contributed by atoms with E-state index >= 15 is 0 Å². The molecule has 0 aliphatic rings. The first kappa shape index (κ1) is 9.51. The number of nitrogens with one attached hydrogen (secondary N) is 2. The normalized spacial score (nSPS) is 10.5. The number of benzene rings is 1. The van der Waals surface area contributed by atoms with Crippen LogP contribution in [0.2, 0.25) is 0 Å². The third-order valence-electron chi connectivity index (χ3n) is 2.39. The lowest BCUT2D eigenvalue weighted by Gasteiger charge is -2.00. The number of nitrogens with zero attached hydrogens (tertiary/aromatic N) is 1. The highest BCUT2D eigenvalue weighted by atomic mass is 16.2. The van der Waals surface area contributed by atoms with Crippen LogP contribution in [-0.2, 0) is 7.05 Å². The second kappa shape index (κ2) is 3.27. The van der Waals surface area contributed by atoms with Crippen LogP contribution in [0.3, 0.4) is 0 Å². The fourth-order valence-electron chi connectivity index (χ4n) is 1.51. The molecule has 0 spiro atoms. The van der Waals surface area contributed by atoms with Gasteiger partial charge < -0.3 is 10.3 Å². The second-order valence-electron chi connectivity index (χ2n) is 3.30. The average molecular weight is 205 g/mol. The summed E-state index contributed by atoms with van der Waals surface area (Å²) in [6, 6.07) is 5.09. The van der Waals surface area contributed by atoms with E-state index in [9.17, 15) is 9.59 Å². The van der Waals surface area contributed by atoms with Gasteiger partial charge in [-0.25, -0.2) is 4.79 Å². The Hall–Kier alpha value is -2.04. The van der Waals surface area contributed by atoms with Crippen LogP contribution >= 0.6 is 0 Å². The van der Waals surface area contributed by atoms with Gasteiger partial charge in [-0.1, -0.05) is 0 Å². The largest absolute Gasteiger partial charge is 0.355 e. The first-order valence-electron chi connectivity index (χ1n) is 4.54. The molecule has 1 heterocycles. The van der Waals surface area contributed by atoms with Gasteiger partial charge >= 0.3 is 5.69 Å². The maximum Gasteiger partial charge on any atom is 0.326 e. The number of H-pyrrole nitrogens is 1. The number of hydrogen-bond donors (Lipinski definition) is 2. The fourth-order valence-corrected chi connectivity index (χ4v) is 1.51. The lowest BCUT2D eigenvalue weighted by atomic mass is 10.2. The number of imidazole rings is 1. The van der Waals surface area contributed by atoms with Crippen molar-refractivity contribution in [2.24, 2.45) is 7.05 Å². The zero-order valence-electron chi connectivity index (χ0n) is 8.50. The molecule has 5 nitrogen and oxygen atoms in total. The van der Waals surface area contributed by atoms with Crippen LogP contribution in [0.4, 0.5) is 0 Å². The van der Waals surface area contributed by atoms with E-state index in [2.05, 4.69) is 10.3 Å². The van der Waals surface area contributed by atoms with Crippen molar-refractivity contribution in [2.45, 2.75) is 0 Å². The zero-order valence-corrected chi connectivity index (χ0v) is 8.50. The van der Waals surface area contributed by atoms with E-state index in [-0.39, 0.29) is 11.6 Å². The average Bonchev–Trinajstić information content (AvgIpc) is 2.54. The molecule has 0 radical (unpaired) electrons. The highest BCUT2D eigenvalue weighted by Crippen LogP contribution is 2.11. The summed E-state index contributed by atoms with van der Waals surface area (Å²) in [6.07, 6.45) is 0. The van der Waals surface area contributed by atoms with Gasteiger partial charge in [0.2, 0.25) is 0 Å². The topological polar surface area (TPSA) is 66.9 Å². The van der Waals surface area contributed by atoms with Crippen molar-refractivity contribution in [3.05, 3.63) is 34.2 Å². The van der Waals surface area contributed by atoms with Gasteiger partial charge in [-0.3, -0.25) is 9.36 Å². The molecule has 0 aliphatic carbocycles. The number of aryl methyl sites for hydroxylation is 1.